The Morgan fingerprint density at radius 3 is 2.00 bits per heavy atom. The van der Waals surface area contributed by atoms with Crippen molar-refractivity contribution in [1.82, 2.24) is 0 Å². The zero-order valence-electron chi connectivity index (χ0n) is 23.8. The van der Waals surface area contributed by atoms with Crippen LogP contribution in [0.1, 0.15) is 59.3 Å². The van der Waals surface area contributed by atoms with E-state index < -0.39 is 42.6 Å². The van der Waals surface area contributed by atoms with Crippen molar-refractivity contribution in [3.63, 3.8) is 0 Å². The molecule has 0 radical (unpaired) electrons. The number of aliphatic hydroxyl groups is 1. The van der Waals surface area contributed by atoms with Gasteiger partial charge in [0.1, 0.15) is 0 Å². The van der Waals surface area contributed by atoms with Crippen LogP contribution in [-0.4, -0.2) is 51.0 Å². The van der Waals surface area contributed by atoms with E-state index in [2.05, 4.69) is 20.8 Å². The monoisotopic (exact) mass is 604 g/mol. The topological polar surface area (TPSA) is 124 Å². The molecule has 41 heavy (non-hydrogen) atoms. The highest BCUT2D eigenvalue weighted by atomic mass is 32.3. The Hall–Kier alpha value is -2.53. The number of hydrogen-bond donors (Lipinski definition) is 1. The summed E-state index contributed by atoms with van der Waals surface area (Å²) in [7, 11) is -8.55. The van der Waals surface area contributed by atoms with E-state index in [1.54, 1.807) is 12.1 Å². The van der Waals surface area contributed by atoms with Crippen molar-refractivity contribution in [3.8, 4) is 0 Å². The number of rotatable bonds is 12. The number of cyclic esters (lactones) is 1. The first-order valence-corrected chi connectivity index (χ1v) is 17.3. The van der Waals surface area contributed by atoms with E-state index in [0.29, 0.717) is 17.8 Å². The molecule has 1 heterocycles. The molecule has 5 atom stereocenters. The van der Waals surface area contributed by atoms with Crippen molar-refractivity contribution in [2.45, 2.75) is 92.2 Å². The zero-order chi connectivity index (χ0) is 29.8. The highest BCUT2D eigenvalue weighted by Crippen LogP contribution is 2.37. The van der Waals surface area contributed by atoms with Crippen LogP contribution in [0.3, 0.4) is 0 Å². The Morgan fingerprint density at radius 2 is 1.46 bits per heavy atom. The van der Waals surface area contributed by atoms with Gasteiger partial charge in [-0.3, -0.25) is 0 Å². The molecule has 2 aliphatic rings. The number of carbonyl (C=O) groups excluding carboxylic acids is 1. The largest absolute Gasteiger partial charge is 0.428 e. The van der Waals surface area contributed by atoms with Gasteiger partial charge in [0.2, 0.25) is 6.29 Å². The van der Waals surface area contributed by atoms with Crippen LogP contribution in [0.4, 0.5) is 0 Å². The molecule has 1 fully saturated rings. The SMILES string of the molecule is CC(C)[C@@H]1CC[C@@H](C)C[C@H]1O[C@H]1C=C([C@@H](O)CCCC(S(=O)(=O)c2ccccc2)S(=O)(=O)c2ccccc2)C(=O)O1. The summed E-state index contributed by atoms with van der Waals surface area (Å²) in [6.45, 7) is 6.50. The molecule has 0 bridgehead atoms. The lowest BCUT2D eigenvalue weighted by Gasteiger charge is -2.37. The fourth-order valence-electron chi connectivity index (χ4n) is 5.81. The van der Waals surface area contributed by atoms with Crippen LogP contribution in [0.2, 0.25) is 0 Å². The molecular formula is C31H40O8S2. The van der Waals surface area contributed by atoms with E-state index in [-0.39, 0.29) is 40.7 Å². The summed E-state index contributed by atoms with van der Waals surface area (Å²) in [6.07, 6.45) is 2.09. The van der Waals surface area contributed by atoms with Gasteiger partial charge in [-0.2, -0.15) is 0 Å². The maximum Gasteiger partial charge on any atom is 0.339 e. The highest BCUT2D eigenvalue weighted by molar-refractivity contribution is 8.09. The van der Waals surface area contributed by atoms with Gasteiger partial charge in [-0.25, -0.2) is 21.6 Å². The number of aliphatic hydroxyl groups excluding tert-OH is 1. The number of ether oxygens (including phenoxy) is 2. The molecule has 1 saturated carbocycles. The molecule has 8 nitrogen and oxygen atoms in total. The van der Waals surface area contributed by atoms with E-state index >= 15 is 0 Å². The van der Waals surface area contributed by atoms with Crippen LogP contribution in [0.25, 0.3) is 0 Å². The molecule has 1 aliphatic heterocycles. The summed E-state index contributed by atoms with van der Waals surface area (Å²) < 4.78 is 63.9. The van der Waals surface area contributed by atoms with Crippen molar-refractivity contribution < 1.29 is 36.2 Å². The zero-order valence-corrected chi connectivity index (χ0v) is 25.4. The lowest BCUT2D eigenvalue weighted by Crippen LogP contribution is -2.36. The number of sulfone groups is 2. The van der Waals surface area contributed by atoms with Gasteiger partial charge >= 0.3 is 5.97 Å². The van der Waals surface area contributed by atoms with Crippen LogP contribution < -0.4 is 0 Å². The van der Waals surface area contributed by atoms with Crippen LogP contribution >= 0.6 is 0 Å². The van der Waals surface area contributed by atoms with Crippen LogP contribution in [-0.2, 0) is 33.9 Å². The first-order valence-electron chi connectivity index (χ1n) is 14.3. The van der Waals surface area contributed by atoms with Gasteiger partial charge in [-0.15, -0.1) is 0 Å². The Morgan fingerprint density at radius 1 is 0.902 bits per heavy atom. The Bertz CT molecular complexity index is 1350. The lowest BCUT2D eigenvalue weighted by atomic mass is 9.75. The molecule has 0 aromatic heterocycles. The second-order valence-corrected chi connectivity index (χ2v) is 16.0. The third-order valence-electron chi connectivity index (χ3n) is 8.16. The number of hydrogen-bond acceptors (Lipinski definition) is 8. The van der Waals surface area contributed by atoms with Crippen molar-refractivity contribution in [1.29, 1.82) is 0 Å². The quantitative estimate of drug-likeness (QED) is 0.333. The van der Waals surface area contributed by atoms with Gasteiger partial charge in [0.15, 0.2) is 24.3 Å². The molecule has 2 aromatic carbocycles. The maximum absolute atomic E-state index is 13.5. The van der Waals surface area contributed by atoms with E-state index in [1.165, 1.54) is 54.6 Å². The third kappa shape index (κ3) is 7.28. The molecule has 10 heteroatoms. The molecule has 224 valence electrons. The second-order valence-electron chi connectivity index (χ2n) is 11.5. The van der Waals surface area contributed by atoms with Gasteiger partial charge in [0.25, 0.3) is 0 Å². The van der Waals surface area contributed by atoms with Crippen molar-refractivity contribution in [2.75, 3.05) is 0 Å². The summed E-state index contributed by atoms with van der Waals surface area (Å²) in [5.74, 6) is 0.597. The number of benzene rings is 2. The average Bonchev–Trinajstić information content (AvgIpc) is 3.31. The van der Waals surface area contributed by atoms with E-state index in [1.807, 2.05) is 0 Å². The minimum atomic E-state index is -4.27. The second kappa shape index (κ2) is 13.2. The molecule has 2 aromatic rings. The molecular weight excluding hydrogens is 564 g/mol. The summed E-state index contributed by atoms with van der Waals surface area (Å²) in [5.41, 5.74) is 0.0494. The fourth-order valence-corrected chi connectivity index (χ4v) is 10.4. The third-order valence-corrected chi connectivity index (χ3v) is 13.4. The van der Waals surface area contributed by atoms with Gasteiger partial charge in [-0.05, 0) is 80.2 Å². The molecule has 1 aliphatic carbocycles. The first-order chi connectivity index (χ1) is 19.4. The Kier molecular flexibility index (Phi) is 10.1. The highest BCUT2D eigenvalue weighted by Gasteiger charge is 2.40. The minimum absolute atomic E-state index is 0.0200. The summed E-state index contributed by atoms with van der Waals surface area (Å²) in [6, 6.07) is 14.9. The van der Waals surface area contributed by atoms with Crippen LogP contribution in [0.15, 0.2) is 82.1 Å². The van der Waals surface area contributed by atoms with E-state index in [4.69, 9.17) is 9.47 Å². The number of carbonyl (C=O) groups is 1. The lowest BCUT2D eigenvalue weighted by molar-refractivity contribution is -0.179. The van der Waals surface area contributed by atoms with Crippen LogP contribution in [0.5, 0.6) is 0 Å². The average molecular weight is 605 g/mol. The Labute approximate surface area is 243 Å². The Balaban J connectivity index is 1.47. The predicted molar refractivity (Wildman–Crippen MR) is 155 cm³/mol. The predicted octanol–water partition coefficient (Wildman–Crippen LogP) is 5.08. The normalized spacial score (nSPS) is 24.3. The van der Waals surface area contributed by atoms with Gasteiger partial charge < -0.3 is 14.6 Å². The van der Waals surface area contributed by atoms with E-state index in [9.17, 15) is 26.7 Å². The van der Waals surface area contributed by atoms with Gasteiger partial charge in [0, 0.05) is 0 Å². The summed E-state index contributed by atoms with van der Waals surface area (Å²) in [4.78, 5) is 12.4. The molecule has 4 rings (SSSR count). The minimum Gasteiger partial charge on any atom is -0.428 e. The standard InChI is InChI=1S/C31H40O8S2/c1-21(2)25-18-17-22(3)19-28(25)38-29-20-26(31(33)39-29)27(32)15-10-16-30(40(34,35)23-11-6-4-7-12-23)41(36,37)24-13-8-5-9-14-24/h4-9,11-14,20-22,25,27-30,32H,10,15-19H2,1-3H3/t22-,25+,27+,28-,29-/m1/s1. The van der Waals surface area contributed by atoms with E-state index in [0.717, 1.165) is 19.3 Å². The van der Waals surface area contributed by atoms with Gasteiger partial charge in [0.05, 0.1) is 27.6 Å². The summed E-state index contributed by atoms with van der Waals surface area (Å²) in [5, 5.41) is 10.9. The molecule has 1 N–H and O–H groups in total. The number of esters is 1. The van der Waals surface area contributed by atoms with Crippen molar-refractivity contribution in [3.05, 3.63) is 72.3 Å². The smallest absolute Gasteiger partial charge is 0.339 e. The molecule has 0 unspecified atom stereocenters. The molecule has 0 amide bonds. The fraction of sp³-hybridized carbons (Fsp3) is 0.516. The van der Waals surface area contributed by atoms with Crippen molar-refractivity contribution in [2.24, 2.45) is 17.8 Å². The van der Waals surface area contributed by atoms with Crippen molar-refractivity contribution >= 4 is 25.6 Å². The molecule has 0 spiro atoms. The summed E-state index contributed by atoms with van der Waals surface area (Å²) >= 11 is 0. The molecule has 0 saturated heterocycles. The first kappa shape index (κ1) is 31.4. The van der Waals surface area contributed by atoms with Gasteiger partial charge in [-0.1, -0.05) is 63.6 Å². The maximum atomic E-state index is 13.5. The van der Waals surface area contributed by atoms with Crippen LogP contribution in [0, 0.1) is 17.8 Å².